The van der Waals surface area contributed by atoms with Crippen molar-refractivity contribution in [3.63, 3.8) is 0 Å². The molecule has 2 unspecified atom stereocenters. The van der Waals surface area contributed by atoms with E-state index in [9.17, 15) is 9.90 Å². The number of amides is 1. The van der Waals surface area contributed by atoms with Crippen molar-refractivity contribution in [1.82, 2.24) is 5.32 Å². The van der Waals surface area contributed by atoms with Crippen molar-refractivity contribution in [3.8, 4) is 5.75 Å². The summed E-state index contributed by atoms with van der Waals surface area (Å²) in [6, 6.07) is 4.04. The number of carbonyl (C=O) groups excluding carboxylic acids is 1. The number of nitrogens with one attached hydrogen (secondary N) is 1. The molecule has 4 heteroatoms. The number of benzene rings is 1. The number of ether oxygens (including phenoxy) is 1. The Morgan fingerprint density at radius 3 is 2.86 bits per heavy atom. The molecule has 0 bridgehead atoms. The van der Waals surface area contributed by atoms with Crippen molar-refractivity contribution < 1.29 is 14.6 Å². The molecule has 22 heavy (non-hydrogen) atoms. The predicted molar refractivity (Wildman–Crippen MR) is 87.0 cm³/mol. The Kier molecular flexibility index (Phi) is 5.83. The summed E-state index contributed by atoms with van der Waals surface area (Å²) in [4.78, 5) is 11.4. The standard InChI is InChI=1S/C18H27NO3/c1-4-6-7-17(21)14-10-13(5-2)18-15(11-14)16(8-9-22-18)19-12(3)20/h10-11,16-17,21H,4-9H2,1-3H3,(H,19,20). The minimum atomic E-state index is -0.449. The molecule has 1 aromatic rings. The van der Waals surface area contributed by atoms with Crippen molar-refractivity contribution in [3.05, 3.63) is 28.8 Å². The van der Waals surface area contributed by atoms with Crippen LogP contribution < -0.4 is 10.1 Å². The highest BCUT2D eigenvalue weighted by molar-refractivity contribution is 5.73. The van der Waals surface area contributed by atoms with Gasteiger partial charge in [-0.1, -0.05) is 26.7 Å². The molecule has 122 valence electrons. The molecule has 0 fully saturated rings. The lowest BCUT2D eigenvalue weighted by molar-refractivity contribution is -0.119. The summed E-state index contributed by atoms with van der Waals surface area (Å²) < 4.78 is 5.84. The topological polar surface area (TPSA) is 58.6 Å². The largest absolute Gasteiger partial charge is 0.493 e. The second-order valence-corrected chi connectivity index (χ2v) is 6.00. The number of carbonyl (C=O) groups is 1. The Labute approximate surface area is 132 Å². The molecule has 0 saturated carbocycles. The molecule has 0 saturated heterocycles. The average Bonchev–Trinajstić information content (AvgIpc) is 2.51. The van der Waals surface area contributed by atoms with Crippen molar-refractivity contribution in [1.29, 1.82) is 0 Å². The number of hydrogen-bond donors (Lipinski definition) is 2. The van der Waals surface area contributed by atoms with Crippen LogP contribution in [0.25, 0.3) is 0 Å². The molecule has 1 heterocycles. The lowest BCUT2D eigenvalue weighted by Crippen LogP contribution is -2.31. The van der Waals surface area contributed by atoms with Crippen molar-refractivity contribution in [2.45, 2.75) is 65.0 Å². The third kappa shape index (κ3) is 3.80. The van der Waals surface area contributed by atoms with Gasteiger partial charge in [-0.15, -0.1) is 0 Å². The quantitative estimate of drug-likeness (QED) is 0.846. The van der Waals surface area contributed by atoms with Crippen LogP contribution in [0.4, 0.5) is 0 Å². The maximum atomic E-state index is 11.4. The van der Waals surface area contributed by atoms with Gasteiger partial charge in [-0.2, -0.15) is 0 Å². The van der Waals surface area contributed by atoms with Crippen molar-refractivity contribution in [2.75, 3.05) is 6.61 Å². The molecule has 0 radical (unpaired) electrons. The zero-order valence-corrected chi connectivity index (χ0v) is 13.8. The third-order valence-corrected chi connectivity index (χ3v) is 4.22. The van der Waals surface area contributed by atoms with Crippen LogP contribution in [0.5, 0.6) is 5.75 Å². The van der Waals surface area contributed by atoms with Crippen LogP contribution in [0.15, 0.2) is 12.1 Å². The first-order valence-corrected chi connectivity index (χ1v) is 8.31. The summed E-state index contributed by atoms with van der Waals surface area (Å²) in [6.45, 7) is 6.36. The van der Waals surface area contributed by atoms with E-state index < -0.39 is 6.10 Å². The minimum Gasteiger partial charge on any atom is -0.493 e. The number of unbranched alkanes of at least 4 members (excludes halogenated alkanes) is 1. The van der Waals surface area contributed by atoms with Gasteiger partial charge >= 0.3 is 0 Å². The molecule has 4 nitrogen and oxygen atoms in total. The Morgan fingerprint density at radius 2 is 2.23 bits per heavy atom. The zero-order chi connectivity index (χ0) is 16.1. The fourth-order valence-corrected chi connectivity index (χ4v) is 3.02. The first kappa shape index (κ1) is 16.8. The maximum absolute atomic E-state index is 11.4. The van der Waals surface area contributed by atoms with Gasteiger partial charge in [0.1, 0.15) is 5.75 Å². The predicted octanol–water partition coefficient (Wildman–Crippen LogP) is 3.43. The molecule has 0 aromatic heterocycles. The Morgan fingerprint density at radius 1 is 1.45 bits per heavy atom. The Balaban J connectivity index is 2.36. The van der Waals surface area contributed by atoms with Crippen molar-refractivity contribution >= 4 is 5.91 Å². The molecule has 2 N–H and O–H groups in total. The van der Waals surface area contributed by atoms with Gasteiger partial charge < -0.3 is 15.2 Å². The van der Waals surface area contributed by atoms with Gasteiger partial charge in [0.05, 0.1) is 18.8 Å². The lowest BCUT2D eigenvalue weighted by atomic mass is 9.91. The van der Waals surface area contributed by atoms with E-state index in [2.05, 4.69) is 25.2 Å². The molecule has 1 aromatic carbocycles. The average molecular weight is 305 g/mol. The summed E-state index contributed by atoms with van der Waals surface area (Å²) in [5.41, 5.74) is 3.05. The van der Waals surface area contributed by atoms with Crippen LogP contribution in [0.1, 0.15) is 75.3 Å². The van der Waals surface area contributed by atoms with E-state index in [1.54, 1.807) is 0 Å². The van der Waals surface area contributed by atoms with E-state index in [0.717, 1.165) is 54.5 Å². The number of fused-ring (bicyclic) bond motifs is 1. The highest BCUT2D eigenvalue weighted by atomic mass is 16.5. The fourth-order valence-electron chi connectivity index (χ4n) is 3.02. The third-order valence-electron chi connectivity index (χ3n) is 4.22. The van der Waals surface area contributed by atoms with Crippen LogP contribution in [-0.2, 0) is 11.2 Å². The number of hydrogen-bond acceptors (Lipinski definition) is 3. The molecule has 0 aliphatic carbocycles. The summed E-state index contributed by atoms with van der Waals surface area (Å²) >= 11 is 0. The number of aliphatic hydroxyl groups excluding tert-OH is 1. The van der Waals surface area contributed by atoms with Crippen LogP contribution >= 0.6 is 0 Å². The van der Waals surface area contributed by atoms with Gasteiger partial charge in [0.25, 0.3) is 0 Å². The van der Waals surface area contributed by atoms with Gasteiger partial charge in [0.2, 0.25) is 5.91 Å². The number of aryl methyl sites for hydroxylation is 1. The van der Waals surface area contributed by atoms with Gasteiger partial charge in [-0.05, 0) is 36.1 Å². The van der Waals surface area contributed by atoms with Crippen LogP contribution in [-0.4, -0.2) is 17.6 Å². The number of rotatable bonds is 6. The van der Waals surface area contributed by atoms with Crippen molar-refractivity contribution in [2.24, 2.45) is 0 Å². The van der Waals surface area contributed by atoms with E-state index in [1.807, 2.05) is 6.07 Å². The molecule has 1 aliphatic heterocycles. The molecule has 2 rings (SSSR count). The van der Waals surface area contributed by atoms with Gasteiger partial charge in [0, 0.05) is 18.9 Å². The fraction of sp³-hybridized carbons (Fsp3) is 0.611. The van der Waals surface area contributed by atoms with Crippen LogP contribution in [0.3, 0.4) is 0 Å². The molecular formula is C18H27NO3. The van der Waals surface area contributed by atoms with Gasteiger partial charge in [0.15, 0.2) is 0 Å². The zero-order valence-electron chi connectivity index (χ0n) is 13.8. The lowest BCUT2D eigenvalue weighted by Gasteiger charge is -2.29. The smallest absolute Gasteiger partial charge is 0.217 e. The molecule has 1 aliphatic rings. The SMILES string of the molecule is CCCCC(O)c1cc(CC)c2c(c1)C(NC(C)=O)CCO2. The summed E-state index contributed by atoms with van der Waals surface area (Å²) in [5.74, 6) is 0.853. The highest BCUT2D eigenvalue weighted by Gasteiger charge is 2.26. The monoisotopic (exact) mass is 305 g/mol. The van der Waals surface area contributed by atoms with Gasteiger partial charge in [-0.25, -0.2) is 0 Å². The first-order chi connectivity index (χ1) is 10.6. The van der Waals surface area contributed by atoms with E-state index in [1.165, 1.54) is 6.92 Å². The van der Waals surface area contributed by atoms with E-state index in [-0.39, 0.29) is 11.9 Å². The first-order valence-electron chi connectivity index (χ1n) is 8.31. The Hall–Kier alpha value is -1.55. The maximum Gasteiger partial charge on any atom is 0.217 e. The second kappa shape index (κ2) is 7.63. The van der Waals surface area contributed by atoms with E-state index in [0.29, 0.717) is 6.61 Å². The molecule has 0 spiro atoms. The van der Waals surface area contributed by atoms with Crippen LogP contribution in [0.2, 0.25) is 0 Å². The summed E-state index contributed by atoms with van der Waals surface area (Å²) in [6.07, 6.45) is 4.01. The second-order valence-electron chi connectivity index (χ2n) is 6.00. The molecule has 1 amide bonds. The molecular weight excluding hydrogens is 278 g/mol. The summed E-state index contributed by atoms with van der Waals surface area (Å²) in [5, 5.41) is 13.4. The summed E-state index contributed by atoms with van der Waals surface area (Å²) in [7, 11) is 0. The Bertz CT molecular complexity index is 527. The normalized spacial score (nSPS) is 18.3. The molecule has 2 atom stereocenters. The minimum absolute atomic E-state index is 0.0233. The van der Waals surface area contributed by atoms with Gasteiger partial charge in [-0.3, -0.25) is 4.79 Å². The highest BCUT2D eigenvalue weighted by Crippen LogP contribution is 2.38. The van der Waals surface area contributed by atoms with E-state index in [4.69, 9.17) is 4.74 Å². The number of aliphatic hydroxyl groups is 1. The van der Waals surface area contributed by atoms with Crippen LogP contribution in [0, 0.1) is 0 Å². The van der Waals surface area contributed by atoms with E-state index >= 15 is 0 Å².